The minimum atomic E-state index is -1.09. The van der Waals surface area contributed by atoms with Crippen molar-refractivity contribution in [3.63, 3.8) is 0 Å². The van der Waals surface area contributed by atoms with E-state index in [9.17, 15) is 20.1 Å². The molecule has 0 saturated carbocycles. The Labute approximate surface area is 261 Å². The van der Waals surface area contributed by atoms with Crippen LogP contribution in [-0.2, 0) is 4.79 Å². The van der Waals surface area contributed by atoms with Gasteiger partial charge in [0.1, 0.15) is 6.10 Å². The van der Waals surface area contributed by atoms with Crippen LogP contribution in [0.3, 0.4) is 0 Å². The molecule has 0 aromatic heterocycles. The van der Waals surface area contributed by atoms with Crippen molar-refractivity contribution in [2.75, 3.05) is 6.61 Å². The topological polar surface area (TPSA) is 89.8 Å². The number of rotatable bonds is 32. The molecule has 0 aromatic carbocycles. The minimum absolute atomic E-state index is 0.361. The van der Waals surface area contributed by atoms with Crippen LogP contribution in [0.4, 0.5) is 0 Å². The van der Waals surface area contributed by atoms with Crippen LogP contribution in [0.15, 0.2) is 12.2 Å². The molecular weight excluding hydrogens is 522 g/mol. The zero-order valence-corrected chi connectivity index (χ0v) is 28.3. The predicted octanol–water partition coefficient (Wildman–Crippen LogP) is 9.56. The summed E-state index contributed by atoms with van der Waals surface area (Å²) in [6.07, 6.45) is 33.7. The number of carbonyl (C=O) groups is 1. The van der Waals surface area contributed by atoms with Crippen LogP contribution < -0.4 is 5.32 Å². The smallest absolute Gasteiger partial charge is 0.249 e. The van der Waals surface area contributed by atoms with Crippen molar-refractivity contribution in [1.82, 2.24) is 5.32 Å². The summed E-state index contributed by atoms with van der Waals surface area (Å²) in [6.45, 7) is 6.48. The molecule has 0 radical (unpaired) electrons. The monoisotopic (exact) mass is 596 g/mol. The van der Waals surface area contributed by atoms with E-state index in [1.165, 1.54) is 128 Å². The van der Waals surface area contributed by atoms with Crippen molar-refractivity contribution < 1.29 is 20.1 Å². The van der Waals surface area contributed by atoms with Crippen LogP contribution in [-0.4, -0.2) is 46.1 Å². The zero-order chi connectivity index (χ0) is 31.1. The van der Waals surface area contributed by atoms with Crippen molar-refractivity contribution in [2.24, 2.45) is 5.92 Å². The standard InChI is InChI=1S/C37H73NO4/c1-4-5-6-7-8-9-10-11-12-13-14-15-18-22-25-28-31-36(41)37(42)38-34(32-39)35(40)30-27-24-21-19-16-17-20-23-26-29-33(2)3/h27,30,33-36,39-41H,4-26,28-29,31-32H2,1-3H3,(H,38,42)/b30-27+/t34-,35+,36+/m0/s1. The summed E-state index contributed by atoms with van der Waals surface area (Å²) in [7, 11) is 0. The van der Waals surface area contributed by atoms with Gasteiger partial charge in [0, 0.05) is 0 Å². The molecule has 0 aromatic rings. The van der Waals surface area contributed by atoms with E-state index in [4.69, 9.17) is 0 Å². The molecule has 5 heteroatoms. The summed E-state index contributed by atoms with van der Waals surface area (Å²) < 4.78 is 0. The average Bonchev–Trinajstić information content (AvgIpc) is 2.97. The lowest BCUT2D eigenvalue weighted by Gasteiger charge is -2.21. The van der Waals surface area contributed by atoms with Gasteiger partial charge < -0.3 is 20.6 Å². The molecule has 0 spiro atoms. The molecule has 0 rings (SSSR count). The SMILES string of the molecule is CCCCCCCCCCCCCCCCCC[C@@H](O)C(=O)N[C@@H](CO)[C@H](O)/C=C/CCCCCCCCCC(C)C. The first kappa shape index (κ1) is 41.1. The Morgan fingerprint density at radius 3 is 1.45 bits per heavy atom. The van der Waals surface area contributed by atoms with E-state index in [1.54, 1.807) is 6.08 Å². The molecule has 250 valence electrons. The van der Waals surface area contributed by atoms with Gasteiger partial charge >= 0.3 is 0 Å². The molecule has 0 aliphatic carbocycles. The second-order valence-corrected chi connectivity index (χ2v) is 13.3. The third-order valence-corrected chi connectivity index (χ3v) is 8.56. The molecule has 5 nitrogen and oxygen atoms in total. The van der Waals surface area contributed by atoms with Gasteiger partial charge in [-0.05, 0) is 25.2 Å². The largest absolute Gasteiger partial charge is 0.394 e. The van der Waals surface area contributed by atoms with Gasteiger partial charge in [0.05, 0.1) is 18.8 Å². The number of aliphatic hydroxyl groups excluding tert-OH is 3. The summed E-state index contributed by atoms with van der Waals surface area (Å²) in [5, 5.41) is 32.9. The third-order valence-electron chi connectivity index (χ3n) is 8.56. The summed E-state index contributed by atoms with van der Waals surface area (Å²) in [5.74, 6) is 0.306. The highest BCUT2D eigenvalue weighted by Crippen LogP contribution is 2.15. The third kappa shape index (κ3) is 27.9. The van der Waals surface area contributed by atoms with Crippen molar-refractivity contribution >= 4 is 5.91 Å². The van der Waals surface area contributed by atoms with Gasteiger partial charge in [-0.1, -0.05) is 181 Å². The molecule has 3 atom stereocenters. The highest BCUT2D eigenvalue weighted by Gasteiger charge is 2.22. The first-order valence-electron chi connectivity index (χ1n) is 18.4. The molecule has 0 heterocycles. The minimum Gasteiger partial charge on any atom is -0.394 e. The Hall–Kier alpha value is -0.910. The molecule has 0 bridgehead atoms. The second kappa shape index (κ2) is 31.5. The maximum absolute atomic E-state index is 12.4. The zero-order valence-electron chi connectivity index (χ0n) is 28.3. The van der Waals surface area contributed by atoms with Crippen LogP contribution in [0.1, 0.15) is 188 Å². The average molecular weight is 596 g/mol. The molecule has 4 N–H and O–H groups in total. The predicted molar refractivity (Wildman–Crippen MR) is 181 cm³/mol. The first-order chi connectivity index (χ1) is 20.4. The maximum Gasteiger partial charge on any atom is 0.249 e. The molecule has 0 aliphatic rings. The van der Waals surface area contributed by atoms with Gasteiger partial charge in [-0.2, -0.15) is 0 Å². The lowest BCUT2D eigenvalue weighted by molar-refractivity contribution is -0.131. The summed E-state index contributed by atoms with van der Waals surface area (Å²) in [5.41, 5.74) is 0. The van der Waals surface area contributed by atoms with E-state index >= 15 is 0 Å². The molecule has 0 saturated heterocycles. The quantitative estimate of drug-likeness (QED) is 0.0460. The van der Waals surface area contributed by atoms with Crippen molar-refractivity contribution in [2.45, 2.75) is 206 Å². The number of aliphatic hydroxyl groups is 3. The number of hydrogen-bond acceptors (Lipinski definition) is 4. The van der Waals surface area contributed by atoms with Gasteiger partial charge in [0.15, 0.2) is 0 Å². The number of carbonyl (C=O) groups excluding carboxylic acids is 1. The van der Waals surface area contributed by atoms with E-state index in [2.05, 4.69) is 26.1 Å². The van der Waals surface area contributed by atoms with Gasteiger partial charge in [0.25, 0.3) is 0 Å². The molecule has 42 heavy (non-hydrogen) atoms. The van der Waals surface area contributed by atoms with Crippen LogP contribution in [0.5, 0.6) is 0 Å². The first-order valence-corrected chi connectivity index (χ1v) is 18.4. The van der Waals surface area contributed by atoms with E-state index < -0.39 is 24.2 Å². The highest BCUT2D eigenvalue weighted by atomic mass is 16.3. The molecule has 1 amide bonds. The number of unbranched alkanes of at least 4 members (excludes halogenated alkanes) is 22. The fourth-order valence-electron chi connectivity index (χ4n) is 5.60. The Morgan fingerprint density at radius 2 is 1.02 bits per heavy atom. The van der Waals surface area contributed by atoms with Crippen molar-refractivity contribution in [3.05, 3.63) is 12.2 Å². The second-order valence-electron chi connectivity index (χ2n) is 13.3. The summed E-state index contributed by atoms with van der Waals surface area (Å²) in [6, 6.07) is -0.792. The van der Waals surface area contributed by atoms with Crippen molar-refractivity contribution in [1.29, 1.82) is 0 Å². The Balaban J connectivity index is 3.72. The van der Waals surface area contributed by atoms with E-state index in [0.717, 1.165) is 38.0 Å². The Morgan fingerprint density at radius 1 is 0.619 bits per heavy atom. The number of allylic oxidation sites excluding steroid dienone is 1. The summed E-state index contributed by atoms with van der Waals surface area (Å²) >= 11 is 0. The molecule has 0 fully saturated rings. The van der Waals surface area contributed by atoms with Crippen LogP contribution in [0.25, 0.3) is 0 Å². The van der Waals surface area contributed by atoms with Crippen LogP contribution >= 0.6 is 0 Å². The van der Waals surface area contributed by atoms with Crippen LogP contribution in [0.2, 0.25) is 0 Å². The number of amides is 1. The Bertz CT molecular complexity index is 594. The van der Waals surface area contributed by atoms with E-state index in [0.29, 0.717) is 6.42 Å². The van der Waals surface area contributed by atoms with E-state index in [-0.39, 0.29) is 6.61 Å². The molecular formula is C37H73NO4. The van der Waals surface area contributed by atoms with Crippen molar-refractivity contribution in [3.8, 4) is 0 Å². The van der Waals surface area contributed by atoms with Gasteiger partial charge in [-0.25, -0.2) is 0 Å². The number of hydrogen-bond donors (Lipinski definition) is 4. The summed E-state index contributed by atoms with van der Waals surface area (Å²) in [4.78, 5) is 12.4. The van der Waals surface area contributed by atoms with Gasteiger partial charge in [-0.3, -0.25) is 4.79 Å². The van der Waals surface area contributed by atoms with Gasteiger partial charge in [-0.15, -0.1) is 0 Å². The number of nitrogens with one attached hydrogen (secondary N) is 1. The Kier molecular flexibility index (Phi) is 30.8. The fraction of sp³-hybridized carbons (Fsp3) is 0.919. The maximum atomic E-state index is 12.4. The lowest BCUT2D eigenvalue weighted by Crippen LogP contribution is -2.48. The normalized spacial score (nSPS) is 14.1. The lowest BCUT2D eigenvalue weighted by atomic mass is 10.0. The molecule has 0 unspecified atom stereocenters. The van der Waals surface area contributed by atoms with Crippen LogP contribution in [0, 0.1) is 5.92 Å². The van der Waals surface area contributed by atoms with Gasteiger partial charge in [0.2, 0.25) is 5.91 Å². The highest BCUT2D eigenvalue weighted by molar-refractivity contribution is 5.80. The van der Waals surface area contributed by atoms with E-state index in [1.807, 2.05) is 6.08 Å². The fourth-order valence-corrected chi connectivity index (χ4v) is 5.60. The molecule has 0 aliphatic heterocycles.